The van der Waals surface area contributed by atoms with Gasteiger partial charge in [0, 0.05) is 5.56 Å². The van der Waals surface area contributed by atoms with Crippen molar-refractivity contribution in [1.82, 2.24) is 0 Å². The van der Waals surface area contributed by atoms with Crippen LogP contribution in [0.2, 0.25) is 0 Å². The summed E-state index contributed by atoms with van der Waals surface area (Å²) in [6.07, 6.45) is 0.0833. The van der Waals surface area contributed by atoms with Crippen LogP contribution in [-0.4, -0.2) is 6.10 Å². The van der Waals surface area contributed by atoms with E-state index in [0.29, 0.717) is 5.75 Å². The zero-order chi connectivity index (χ0) is 25.5. The second kappa shape index (κ2) is 9.30. The minimum absolute atomic E-state index is 0.0288. The van der Waals surface area contributed by atoms with E-state index in [4.69, 9.17) is 9.26 Å². The fourth-order valence-electron chi connectivity index (χ4n) is 4.88. The maximum atomic E-state index is 15.2. The monoisotopic (exact) mass is 496 g/mol. The highest BCUT2D eigenvalue weighted by Crippen LogP contribution is 2.65. The number of hydrogen-bond donors (Lipinski definition) is 0. The largest absolute Gasteiger partial charge is 0.491 e. The van der Waals surface area contributed by atoms with E-state index in [0.717, 1.165) is 33.3 Å². The fourth-order valence-corrected chi connectivity index (χ4v) is 7.77. The number of fused-ring (bicyclic) bond motifs is 3. The molecule has 36 heavy (non-hydrogen) atoms. The summed E-state index contributed by atoms with van der Waals surface area (Å²) in [5, 5.41) is 0.760. The first-order valence-electron chi connectivity index (χ1n) is 12.5. The van der Waals surface area contributed by atoms with Crippen molar-refractivity contribution in [2.75, 3.05) is 0 Å². The smallest absolute Gasteiger partial charge is 0.289 e. The Hall–Kier alpha value is -3.29. The van der Waals surface area contributed by atoms with Gasteiger partial charge in [-0.1, -0.05) is 93.6 Å². The predicted octanol–water partition coefficient (Wildman–Crippen LogP) is 8.52. The molecular formula is C32H33O3P. The molecule has 0 amide bonds. The molecule has 1 heterocycles. The molecule has 0 aromatic heterocycles. The Labute approximate surface area is 214 Å². The highest BCUT2D eigenvalue weighted by molar-refractivity contribution is 7.68. The maximum Gasteiger partial charge on any atom is 0.289 e. The van der Waals surface area contributed by atoms with Crippen molar-refractivity contribution in [2.24, 2.45) is 0 Å². The van der Waals surface area contributed by atoms with Gasteiger partial charge in [0.05, 0.1) is 11.4 Å². The molecule has 5 rings (SSSR count). The molecule has 0 saturated heterocycles. The highest BCUT2D eigenvalue weighted by atomic mass is 31.2. The Kier molecular flexibility index (Phi) is 6.30. The lowest BCUT2D eigenvalue weighted by Crippen LogP contribution is -2.23. The first-order valence-corrected chi connectivity index (χ1v) is 14.2. The maximum absolute atomic E-state index is 15.2. The van der Waals surface area contributed by atoms with Gasteiger partial charge >= 0.3 is 0 Å². The summed E-state index contributed by atoms with van der Waals surface area (Å²) in [4.78, 5) is 0. The van der Waals surface area contributed by atoms with Crippen molar-refractivity contribution in [3.05, 3.63) is 114 Å². The first kappa shape index (κ1) is 24.4. The van der Waals surface area contributed by atoms with Crippen LogP contribution in [0.5, 0.6) is 11.5 Å². The SMILES string of the molecule is CC(C)Oc1ccc(C(c2ccc(C(C)(C)C)cc2)P2(=O)Oc3ccccc3-c3ccccc32)cc1. The first-order chi connectivity index (χ1) is 17.2. The molecule has 1 aliphatic heterocycles. The second-order valence-corrected chi connectivity index (χ2v) is 13.1. The van der Waals surface area contributed by atoms with Crippen LogP contribution >= 0.6 is 7.37 Å². The molecule has 4 heteroatoms. The summed E-state index contributed by atoms with van der Waals surface area (Å²) in [6, 6.07) is 32.3. The molecule has 4 aromatic rings. The van der Waals surface area contributed by atoms with Crippen LogP contribution in [0.15, 0.2) is 97.1 Å². The normalized spacial score (nSPS) is 17.6. The quantitative estimate of drug-likeness (QED) is 0.260. The minimum atomic E-state index is -3.43. The third-order valence-corrected chi connectivity index (χ3v) is 9.46. The number of rotatable bonds is 5. The molecule has 0 aliphatic carbocycles. The Bertz CT molecular complexity index is 1410. The summed E-state index contributed by atoms with van der Waals surface area (Å²) >= 11 is 0. The zero-order valence-electron chi connectivity index (χ0n) is 21.6. The second-order valence-electron chi connectivity index (χ2n) is 10.7. The lowest BCUT2D eigenvalue weighted by atomic mass is 9.86. The van der Waals surface area contributed by atoms with Crippen LogP contribution < -0.4 is 14.6 Å². The van der Waals surface area contributed by atoms with Crippen molar-refractivity contribution in [3.63, 3.8) is 0 Å². The van der Waals surface area contributed by atoms with E-state index in [1.807, 2.05) is 86.6 Å². The summed E-state index contributed by atoms with van der Waals surface area (Å²) in [7, 11) is -3.43. The van der Waals surface area contributed by atoms with Crippen molar-refractivity contribution in [1.29, 1.82) is 0 Å². The van der Waals surface area contributed by atoms with Crippen molar-refractivity contribution in [3.8, 4) is 22.6 Å². The molecule has 2 unspecified atom stereocenters. The van der Waals surface area contributed by atoms with Crippen LogP contribution in [0.25, 0.3) is 11.1 Å². The van der Waals surface area contributed by atoms with E-state index in [9.17, 15) is 0 Å². The number of para-hydroxylation sites is 1. The summed E-state index contributed by atoms with van der Waals surface area (Å²) in [5.41, 5.74) is 4.65. The molecule has 3 nitrogen and oxygen atoms in total. The Morgan fingerprint density at radius 3 is 1.89 bits per heavy atom. The fraction of sp³-hybridized carbons (Fsp3) is 0.250. The molecule has 0 saturated carbocycles. The van der Waals surface area contributed by atoms with Gasteiger partial charge < -0.3 is 9.26 Å². The van der Waals surface area contributed by atoms with Crippen molar-refractivity contribution >= 4 is 12.7 Å². The van der Waals surface area contributed by atoms with Crippen molar-refractivity contribution in [2.45, 2.75) is 51.8 Å². The Morgan fingerprint density at radius 1 is 0.722 bits per heavy atom. The van der Waals surface area contributed by atoms with Gasteiger partial charge in [-0.15, -0.1) is 0 Å². The molecule has 1 aliphatic rings. The van der Waals surface area contributed by atoms with Gasteiger partial charge in [-0.05, 0) is 65.8 Å². The lowest BCUT2D eigenvalue weighted by Gasteiger charge is -2.34. The molecule has 4 aromatic carbocycles. The average molecular weight is 497 g/mol. The van der Waals surface area contributed by atoms with E-state index in [1.54, 1.807) is 0 Å². The van der Waals surface area contributed by atoms with E-state index in [2.05, 4.69) is 45.0 Å². The van der Waals surface area contributed by atoms with Gasteiger partial charge in [0.15, 0.2) is 0 Å². The van der Waals surface area contributed by atoms with Crippen LogP contribution in [0.3, 0.4) is 0 Å². The van der Waals surface area contributed by atoms with Gasteiger partial charge in [0.25, 0.3) is 7.37 Å². The lowest BCUT2D eigenvalue weighted by molar-refractivity contribution is 0.242. The molecule has 0 fully saturated rings. The third kappa shape index (κ3) is 4.49. The Morgan fingerprint density at radius 2 is 1.28 bits per heavy atom. The molecular weight excluding hydrogens is 463 g/mol. The van der Waals surface area contributed by atoms with Crippen LogP contribution in [-0.2, 0) is 9.98 Å². The highest BCUT2D eigenvalue weighted by Gasteiger charge is 2.44. The molecule has 0 bridgehead atoms. The van der Waals surface area contributed by atoms with Crippen LogP contribution in [0.1, 0.15) is 57.0 Å². The topological polar surface area (TPSA) is 35.5 Å². The third-order valence-electron chi connectivity index (χ3n) is 6.65. The van der Waals surface area contributed by atoms with Crippen LogP contribution in [0.4, 0.5) is 0 Å². The zero-order valence-corrected chi connectivity index (χ0v) is 22.5. The van der Waals surface area contributed by atoms with Gasteiger partial charge in [-0.2, -0.15) is 0 Å². The van der Waals surface area contributed by atoms with E-state index in [-0.39, 0.29) is 11.5 Å². The number of ether oxygens (including phenoxy) is 1. The molecule has 184 valence electrons. The van der Waals surface area contributed by atoms with E-state index in [1.165, 1.54) is 5.56 Å². The van der Waals surface area contributed by atoms with E-state index < -0.39 is 13.0 Å². The summed E-state index contributed by atoms with van der Waals surface area (Å²) in [6.45, 7) is 10.6. The summed E-state index contributed by atoms with van der Waals surface area (Å²) < 4.78 is 27.6. The Balaban J connectivity index is 1.69. The number of benzene rings is 4. The van der Waals surface area contributed by atoms with Gasteiger partial charge in [-0.25, -0.2) is 0 Å². The average Bonchev–Trinajstić information content (AvgIpc) is 2.85. The standard InChI is InChI=1S/C32H33O3P/c1-22(2)34-26-20-16-24(17-21-26)31(23-14-18-25(19-15-23)32(3,4)5)36(33)30-13-9-7-11-28(30)27-10-6-8-12-29(27)35-36/h6-22,31H,1-5H3. The van der Waals surface area contributed by atoms with E-state index >= 15 is 4.57 Å². The van der Waals surface area contributed by atoms with Gasteiger partial charge in [-0.3, -0.25) is 4.57 Å². The molecule has 0 spiro atoms. The summed E-state index contributed by atoms with van der Waals surface area (Å²) in [5.74, 6) is 1.46. The number of hydrogen-bond acceptors (Lipinski definition) is 3. The van der Waals surface area contributed by atoms with Crippen molar-refractivity contribution < 1.29 is 13.8 Å². The molecule has 0 radical (unpaired) electrons. The van der Waals surface area contributed by atoms with Gasteiger partial charge in [0.1, 0.15) is 17.2 Å². The minimum Gasteiger partial charge on any atom is -0.491 e. The predicted molar refractivity (Wildman–Crippen MR) is 149 cm³/mol. The molecule has 0 N–H and O–H groups in total. The van der Waals surface area contributed by atoms with Crippen LogP contribution in [0, 0.1) is 0 Å². The van der Waals surface area contributed by atoms with Gasteiger partial charge in [0.2, 0.25) is 0 Å². The molecule has 2 atom stereocenters.